The molecule has 0 aliphatic rings. The minimum atomic E-state index is -0.0235. The number of unbranched alkanes of at least 4 members (excludes halogenated alkanes) is 3. The van der Waals surface area contributed by atoms with Crippen LogP contribution in [0.5, 0.6) is 5.75 Å². The smallest absolute Gasteiger partial charge is 0.251 e. The molecule has 1 heterocycles. The van der Waals surface area contributed by atoms with E-state index >= 15 is 0 Å². The van der Waals surface area contributed by atoms with Crippen LogP contribution in [0, 0.1) is 13.8 Å². The predicted octanol–water partition coefficient (Wildman–Crippen LogP) is 7.42. The van der Waals surface area contributed by atoms with Crippen molar-refractivity contribution in [1.29, 1.82) is 0 Å². The standard InChI is InChI=1S/C31H36BrN3O2/c1-23-12-10-13-24(2)30(23)37-21-9-8-20-35-28-17-6-5-16-27(28)34-29(35)18-4-3-7-19-33-31(36)25-14-11-15-26(32)22-25/h5-6,10-17,22H,3-4,7-9,18-21H2,1-2H3,(H,33,36). The molecule has 3 aromatic carbocycles. The molecule has 37 heavy (non-hydrogen) atoms. The molecule has 4 aromatic rings. The Hall–Kier alpha value is -3.12. The third-order valence-corrected chi connectivity index (χ3v) is 7.11. The molecular weight excluding hydrogens is 526 g/mol. The van der Waals surface area contributed by atoms with Crippen LogP contribution >= 0.6 is 15.9 Å². The molecule has 4 rings (SSSR count). The second-order valence-electron chi connectivity index (χ2n) is 9.52. The highest BCUT2D eigenvalue weighted by Crippen LogP contribution is 2.23. The zero-order valence-corrected chi connectivity index (χ0v) is 23.4. The normalized spacial score (nSPS) is 11.1. The Balaban J connectivity index is 1.23. The van der Waals surface area contributed by atoms with E-state index in [1.165, 1.54) is 16.6 Å². The van der Waals surface area contributed by atoms with Crippen molar-refractivity contribution in [3.05, 3.63) is 93.7 Å². The fourth-order valence-electron chi connectivity index (χ4n) is 4.66. The zero-order chi connectivity index (χ0) is 26.0. The highest BCUT2D eigenvalue weighted by molar-refractivity contribution is 9.10. The van der Waals surface area contributed by atoms with Crippen molar-refractivity contribution < 1.29 is 9.53 Å². The van der Waals surface area contributed by atoms with Crippen LogP contribution in [0.2, 0.25) is 0 Å². The largest absolute Gasteiger partial charge is 0.493 e. The summed E-state index contributed by atoms with van der Waals surface area (Å²) in [5.41, 5.74) is 5.33. The van der Waals surface area contributed by atoms with E-state index in [0.717, 1.165) is 73.2 Å². The topological polar surface area (TPSA) is 56.1 Å². The number of amides is 1. The molecule has 0 bridgehead atoms. The minimum absolute atomic E-state index is 0.0235. The third kappa shape index (κ3) is 7.45. The molecule has 0 aliphatic carbocycles. The molecule has 0 atom stereocenters. The molecule has 0 saturated heterocycles. The first-order valence-corrected chi connectivity index (χ1v) is 14.0. The quantitative estimate of drug-likeness (QED) is 0.173. The lowest BCUT2D eigenvalue weighted by atomic mass is 10.1. The average molecular weight is 563 g/mol. The van der Waals surface area contributed by atoms with Gasteiger partial charge in [0, 0.05) is 29.5 Å². The van der Waals surface area contributed by atoms with E-state index in [0.29, 0.717) is 12.1 Å². The Morgan fingerprint density at radius 2 is 1.70 bits per heavy atom. The van der Waals surface area contributed by atoms with Crippen LogP contribution < -0.4 is 10.1 Å². The summed E-state index contributed by atoms with van der Waals surface area (Å²) < 4.78 is 9.39. The fourth-order valence-corrected chi connectivity index (χ4v) is 5.06. The summed E-state index contributed by atoms with van der Waals surface area (Å²) in [6.45, 7) is 6.54. The molecule has 6 heteroatoms. The van der Waals surface area contributed by atoms with Crippen LogP contribution in [0.3, 0.4) is 0 Å². The Morgan fingerprint density at radius 3 is 2.51 bits per heavy atom. The van der Waals surface area contributed by atoms with Gasteiger partial charge in [0.2, 0.25) is 0 Å². The number of benzene rings is 3. The maximum atomic E-state index is 12.3. The van der Waals surface area contributed by atoms with Crippen LogP contribution in [0.15, 0.2) is 71.2 Å². The molecule has 0 radical (unpaired) electrons. The van der Waals surface area contributed by atoms with Crippen LogP contribution in [0.1, 0.15) is 59.4 Å². The Morgan fingerprint density at radius 1 is 0.919 bits per heavy atom. The molecule has 0 saturated carbocycles. The van der Waals surface area contributed by atoms with Gasteiger partial charge >= 0.3 is 0 Å². The number of hydrogen-bond donors (Lipinski definition) is 1. The molecule has 1 N–H and O–H groups in total. The first-order valence-electron chi connectivity index (χ1n) is 13.2. The van der Waals surface area contributed by atoms with E-state index < -0.39 is 0 Å². The molecule has 0 aliphatic heterocycles. The summed E-state index contributed by atoms with van der Waals surface area (Å²) >= 11 is 3.42. The van der Waals surface area contributed by atoms with E-state index in [1.54, 1.807) is 0 Å². The first kappa shape index (κ1) is 26.9. The highest BCUT2D eigenvalue weighted by atomic mass is 79.9. The van der Waals surface area contributed by atoms with Gasteiger partial charge in [0.05, 0.1) is 17.6 Å². The molecular formula is C31H36BrN3O2. The van der Waals surface area contributed by atoms with Crippen molar-refractivity contribution in [3.63, 3.8) is 0 Å². The number of nitrogens with zero attached hydrogens (tertiary/aromatic N) is 2. The average Bonchev–Trinajstić information content (AvgIpc) is 3.24. The zero-order valence-electron chi connectivity index (χ0n) is 21.8. The van der Waals surface area contributed by atoms with Crippen molar-refractivity contribution in [3.8, 4) is 5.75 Å². The first-order chi connectivity index (χ1) is 18.0. The Labute approximate surface area is 228 Å². The van der Waals surface area contributed by atoms with Gasteiger partial charge in [-0.05, 0) is 81.0 Å². The van der Waals surface area contributed by atoms with Gasteiger partial charge in [-0.1, -0.05) is 58.7 Å². The number of aromatic nitrogens is 2. The van der Waals surface area contributed by atoms with E-state index in [2.05, 4.69) is 82.1 Å². The molecule has 0 unspecified atom stereocenters. The van der Waals surface area contributed by atoms with Gasteiger partial charge in [0.25, 0.3) is 5.91 Å². The maximum absolute atomic E-state index is 12.3. The number of carbonyl (C=O) groups is 1. The summed E-state index contributed by atoms with van der Waals surface area (Å²) in [4.78, 5) is 17.2. The lowest BCUT2D eigenvalue weighted by Crippen LogP contribution is -2.24. The van der Waals surface area contributed by atoms with Gasteiger partial charge in [0.15, 0.2) is 0 Å². The van der Waals surface area contributed by atoms with Crippen molar-refractivity contribution >= 4 is 32.9 Å². The summed E-state index contributed by atoms with van der Waals surface area (Å²) in [6.07, 6.45) is 6.03. The van der Waals surface area contributed by atoms with Gasteiger partial charge < -0.3 is 14.6 Å². The number of carbonyl (C=O) groups excluding carboxylic acids is 1. The van der Waals surface area contributed by atoms with Gasteiger partial charge in [-0.3, -0.25) is 4.79 Å². The predicted molar refractivity (Wildman–Crippen MR) is 154 cm³/mol. The number of imidazole rings is 1. The van der Waals surface area contributed by atoms with Gasteiger partial charge in [0.1, 0.15) is 11.6 Å². The summed E-state index contributed by atoms with van der Waals surface area (Å²) in [7, 11) is 0. The number of ether oxygens (including phenoxy) is 1. The summed E-state index contributed by atoms with van der Waals surface area (Å²) in [5, 5.41) is 3.02. The SMILES string of the molecule is Cc1cccc(C)c1OCCCCn1c(CCCCCNC(=O)c2cccc(Br)c2)nc2ccccc21. The molecule has 0 spiro atoms. The molecule has 1 aromatic heterocycles. The highest BCUT2D eigenvalue weighted by Gasteiger charge is 2.11. The fraction of sp³-hybridized carbons (Fsp3) is 0.355. The minimum Gasteiger partial charge on any atom is -0.493 e. The molecule has 5 nitrogen and oxygen atoms in total. The van der Waals surface area contributed by atoms with Crippen molar-refractivity contribution in [2.45, 2.75) is 58.9 Å². The van der Waals surface area contributed by atoms with E-state index in [9.17, 15) is 4.79 Å². The van der Waals surface area contributed by atoms with E-state index in [1.807, 2.05) is 24.3 Å². The van der Waals surface area contributed by atoms with Gasteiger partial charge in [-0.25, -0.2) is 4.98 Å². The Kier molecular flexibility index (Phi) is 9.78. The lowest BCUT2D eigenvalue weighted by molar-refractivity contribution is 0.0953. The van der Waals surface area contributed by atoms with Crippen LogP contribution in [0.25, 0.3) is 11.0 Å². The van der Waals surface area contributed by atoms with Crippen molar-refractivity contribution in [2.75, 3.05) is 13.2 Å². The summed E-state index contributed by atoms with van der Waals surface area (Å²) in [6, 6.07) is 22.1. The number of hydrogen-bond acceptors (Lipinski definition) is 3. The van der Waals surface area contributed by atoms with Gasteiger partial charge in [-0.15, -0.1) is 0 Å². The van der Waals surface area contributed by atoms with Crippen LogP contribution in [-0.4, -0.2) is 28.6 Å². The third-order valence-electron chi connectivity index (χ3n) is 6.61. The number of para-hydroxylation sites is 3. The van der Waals surface area contributed by atoms with Crippen LogP contribution in [-0.2, 0) is 13.0 Å². The maximum Gasteiger partial charge on any atom is 0.251 e. The number of nitrogens with one attached hydrogen (secondary N) is 1. The second-order valence-corrected chi connectivity index (χ2v) is 10.4. The molecule has 1 amide bonds. The number of aryl methyl sites for hydroxylation is 4. The van der Waals surface area contributed by atoms with Crippen LogP contribution in [0.4, 0.5) is 0 Å². The monoisotopic (exact) mass is 561 g/mol. The number of halogens is 1. The van der Waals surface area contributed by atoms with E-state index in [4.69, 9.17) is 9.72 Å². The number of fused-ring (bicyclic) bond motifs is 1. The Bertz CT molecular complexity index is 1310. The molecule has 194 valence electrons. The van der Waals surface area contributed by atoms with Gasteiger partial charge in [-0.2, -0.15) is 0 Å². The second kappa shape index (κ2) is 13.4. The van der Waals surface area contributed by atoms with Crippen molar-refractivity contribution in [2.24, 2.45) is 0 Å². The number of rotatable bonds is 13. The summed E-state index contributed by atoms with van der Waals surface area (Å²) in [5.74, 6) is 2.14. The molecule has 0 fully saturated rings. The lowest BCUT2D eigenvalue weighted by Gasteiger charge is -2.13. The van der Waals surface area contributed by atoms with E-state index in [-0.39, 0.29) is 5.91 Å². The van der Waals surface area contributed by atoms with Crippen molar-refractivity contribution in [1.82, 2.24) is 14.9 Å².